The fraction of sp³-hybridized carbons (Fsp3) is 0.812. The van der Waals surface area contributed by atoms with Crippen molar-refractivity contribution in [3.63, 3.8) is 0 Å². The molecule has 4 heteroatoms. The standard InChI is InChI=1S/C16H25NO3/c17-13-9-7-5-3-1-2-4-6-8-10-14(18)15-11-12-16(19)20-15/h15H,1-12H2. The molecule has 1 aliphatic heterocycles. The first-order valence-electron chi connectivity index (χ1n) is 7.83. The molecule has 0 spiro atoms. The Morgan fingerprint density at radius 3 is 2.25 bits per heavy atom. The third-order valence-electron chi connectivity index (χ3n) is 3.71. The molecule has 4 nitrogen and oxygen atoms in total. The van der Waals surface area contributed by atoms with Crippen molar-refractivity contribution in [1.82, 2.24) is 0 Å². The number of ether oxygens (including phenoxy) is 1. The van der Waals surface area contributed by atoms with Crippen LogP contribution in [0.2, 0.25) is 0 Å². The van der Waals surface area contributed by atoms with Gasteiger partial charge in [-0.1, -0.05) is 38.5 Å². The Balaban J connectivity index is 1.86. The predicted octanol–water partition coefficient (Wildman–Crippen LogP) is 3.69. The van der Waals surface area contributed by atoms with Crippen LogP contribution in [-0.2, 0) is 14.3 Å². The maximum atomic E-state index is 11.7. The van der Waals surface area contributed by atoms with Gasteiger partial charge in [-0.3, -0.25) is 9.59 Å². The van der Waals surface area contributed by atoms with Crippen molar-refractivity contribution in [2.45, 2.75) is 83.2 Å². The maximum absolute atomic E-state index is 11.7. The first-order valence-corrected chi connectivity index (χ1v) is 7.83. The summed E-state index contributed by atoms with van der Waals surface area (Å²) in [6.45, 7) is 0. The first kappa shape index (κ1) is 16.7. The molecule has 0 radical (unpaired) electrons. The summed E-state index contributed by atoms with van der Waals surface area (Å²) in [6.07, 6.45) is 10.7. The smallest absolute Gasteiger partial charge is 0.306 e. The zero-order valence-electron chi connectivity index (χ0n) is 12.2. The number of esters is 1. The highest BCUT2D eigenvalue weighted by molar-refractivity contribution is 5.87. The van der Waals surface area contributed by atoms with Crippen LogP contribution in [-0.4, -0.2) is 17.9 Å². The molecule has 0 aliphatic carbocycles. The summed E-state index contributed by atoms with van der Waals surface area (Å²) < 4.78 is 4.95. The molecule has 0 N–H and O–H groups in total. The van der Waals surface area contributed by atoms with Gasteiger partial charge in [0.25, 0.3) is 0 Å². The van der Waals surface area contributed by atoms with Crippen molar-refractivity contribution >= 4 is 11.8 Å². The number of carbonyl (C=O) groups excluding carboxylic acids is 2. The van der Waals surface area contributed by atoms with Crippen LogP contribution in [0.3, 0.4) is 0 Å². The zero-order chi connectivity index (χ0) is 14.6. The number of carbonyl (C=O) groups is 2. The lowest BCUT2D eigenvalue weighted by molar-refractivity contribution is -0.147. The van der Waals surface area contributed by atoms with Crippen molar-refractivity contribution in [2.24, 2.45) is 0 Å². The largest absolute Gasteiger partial charge is 0.454 e. The van der Waals surface area contributed by atoms with Crippen LogP contribution < -0.4 is 0 Å². The molecule has 0 aromatic rings. The molecule has 1 heterocycles. The number of unbranched alkanes of at least 4 members (excludes halogenated alkanes) is 8. The van der Waals surface area contributed by atoms with Crippen LogP contribution in [0, 0.1) is 11.3 Å². The summed E-state index contributed by atoms with van der Waals surface area (Å²) in [6, 6.07) is 2.16. The average Bonchev–Trinajstić information content (AvgIpc) is 2.87. The Bertz CT molecular complexity index is 346. The summed E-state index contributed by atoms with van der Waals surface area (Å²) in [5.74, 6) is -0.146. The predicted molar refractivity (Wildman–Crippen MR) is 75.9 cm³/mol. The minimum Gasteiger partial charge on any atom is -0.454 e. The van der Waals surface area contributed by atoms with Gasteiger partial charge in [0.2, 0.25) is 0 Å². The second kappa shape index (κ2) is 10.4. The van der Waals surface area contributed by atoms with E-state index in [0.29, 0.717) is 25.7 Å². The van der Waals surface area contributed by atoms with Gasteiger partial charge in [0, 0.05) is 25.7 Å². The quantitative estimate of drug-likeness (QED) is 0.427. The zero-order valence-corrected chi connectivity index (χ0v) is 12.2. The van der Waals surface area contributed by atoms with Gasteiger partial charge in [0.1, 0.15) is 0 Å². The Kier molecular flexibility index (Phi) is 8.69. The molecule has 20 heavy (non-hydrogen) atoms. The van der Waals surface area contributed by atoms with Crippen molar-refractivity contribution in [3.8, 4) is 6.07 Å². The Morgan fingerprint density at radius 1 is 1.10 bits per heavy atom. The number of Topliss-reactive ketones (excluding diaryl/α,β-unsaturated/α-hetero) is 1. The second-order valence-corrected chi connectivity index (χ2v) is 5.47. The van der Waals surface area contributed by atoms with Gasteiger partial charge in [0.05, 0.1) is 6.07 Å². The van der Waals surface area contributed by atoms with E-state index in [9.17, 15) is 9.59 Å². The molecule has 0 amide bonds. The number of nitriles is 1. The van der Waals surface area contributed by atoms with Crippen molar-refractivity contribution < 1.29 is 14.3 Å². The third-order valence-corrected chi connectivity index (χ3v) is 3.71. The molecule has 0 saturated carbocycles. The van der Waals surface area contributed by atoms with Crippen LogP contribution in [0.5, 0.6) is 0 Å². The summed E-state index contributed by atoms with van der Waals surface area (Å²) in [4.78, 5) is 22.6. The maximum Gasteiger partial charge on any atom is 0.306 e. The van der Waals surface area contributed by atoms with Crippen LogP contribution in [0.4, 0.5) is 0 Å². The third kappa shape index (κ3) is 7.28. The van der Waals surface area contributed by atoms with E-state index in [0.717, 1.165) is 32.1 Å². The lowest BCUT2D eigenvalue weighted by Gasteiger charge is -2.07. The van der Waals surface area contributed by atoms with Gasteiger partial charge < -0.3 is 4.74 Å². The molecule has 1 atom stereocenters. The molecular formula is C16H25NO3. The molecule has 1 saturated heterocycles. The summed E-state index contributed by atoms with van der Waals surface area (Å²) >= 11 is 0. The SMILES string of the molecule is N#CCCCCCCCCCCC(=O)C1CCC(=O)O1. The van der Waals surface area contributed by atoms with Gasteiger partial charge in [-0.15, -0.1) is 0 Å². The number of hydrogen-bond acceptors (Lipinski definition) is 4. The second-order valence-electron chi connectivity index (χ2n) is 5.47. The number of hydrogen-bond donors (Lipinski definition) is 0. The fourth-order valence-corrected chi connectivity index (χ4v) is 2.48. The molecule has 1 fully saturated rings. The van der Waals surface area contributed by atoms with Crippen LogP contribution in [0.15, 0.2) is 0 Å². The Morgan fingerprint density at radius 2 is 1.70 bits per heavy atom. The van der Waals surface area contributed by atoms with E-state index >= 15 is 0 Å². The number of cyclic esters (lactones) is 1. The van der Waals surface area contributed by atoms with E-state index in [-0.39, 0.29) is 11.8 Å². The van der Waals surface area contributed by atoms with Crippen molar-refractivity contribution in [2.75, 3.05) is 0 Å². The Labute approximate surface area is 121 Å². The highest BCUT2D eigenvalue weighted by atomic mass is 16.6. The molecule has 1 rings (SSSR count). The van der Waals surface area contributed by atoms with Crippen LogP contribution >= 0.6 is 0 Å². The van der Waals surface area contributed by atoms with E-state index in [1.165, 1.54) is 19.3 Å². The van der Waals surface area contributed by atoms with Gasteiger partial charge in [-0.2, -0.15) is 5.26 Å². The average molecular weight is 279 g/mol. The van der Waals surface area contributed by atoms with E-state index in [4.69, 9.17) is 10.00 Å². The van der Waals surface area contributed by atoms with Crippen molar-refractivity contribution in [1.29, 1.82) is 5.26 Å². The molecule has 0 aromatic carbocycles. The minimum absolute atomic E-state index is 0.0901. The van der Waals surface area contributed by atoms with Crippen molar-refractivity contribution in [3.05, 3.63) is 0 Å². The Hall–Kier alpha value is -1.37. The molecule has 0 bridgehead atoms. The van der Waals surface area contributed by atoms with Crippen LogP contribution in [0.25, 0.3) is 0 Å². The highest BCUT2D eigenvalue weighted by Crippen LogP contribution is 2.17. The van der Waals surface area contributed by atoms with Gasteiger partial charge in [-0.05, 0) is 12.8 Å². The topological polar surface area (TPSA) is 67.2 Å². The molecular weight excluding hydrogens is 254 g/mol. The lowest BCUT2D eigenvalue weighted by atomic mass is 10.0. The number of nitrogens with zero attached hydrogens (tertiary/aromatic N) is 1. The minimum atomic E-state index is -0.456. The van der Waals surface area contributed by atoms with E-state index in [2.05, 4.69) is 6.07 Å². The molecule has 0 aromatic heterocycles. The van der Waals surface area contributed by atoms with Gasteiger partial charge in [-0.25, -0.2) is 0 Å². The van der Waals surface area contributed by atoms with E-state index in [1.54, 1.807) is 0 Å². The number of ketones is 1. The fourth-order valence-electron chi connectivity index (χ4n) is 2.48. The normalized spacial score (nSPS) is 17.8. The van der Waals surface area contributed by atoms with Crippen LogP contribution in [0.1, 0.15) is 77.0 Å². The summed E-state index contributed by atoms with van der Waals surface area (Å²) in [7, 11) is 0. The molecule has 1 aliphatic rings. The van der Waals surface area contributed by atoms with E-state index < -0.39 is 6.10 Å². The van der Waals surface area contributed by atoms with Gasteiger partial charge >= 0.3 is 5.97 Å². The highest BCUT2D eigenvalue weighted by Gasteiger charge is 2.28. The summed E-state index contributed by atoms with van der Waals surface area (Å²) in [5, 5.41) is 8.40. The first-order chi connectivity index (χ1) is 9.74. The molecule has 1 unspecified atom stereocenters. The lowest BCUT2D eigenvalue weighted by Crippen LogP contribution is -2.19. The molecule has 112 valence electrons. The summed E-state index contributed by atoms with van der Waals surface area (Å²) in [5.41, 5.74) is 0. The monoisotopic (exact) mass is 279 g/mol. The van der Waals surface area contributed by atoms with Gasteiger partial charge in [0.15, 0.2) is 11.9 Å². The van der Waals surface area contributed by atoms with E-state index in [1.807, 2.05) is 0 Å². The number of rotatable bonds is 11.